The number of hydrogen-bond acceptors (Lipinski definition) is 30. The molecule has 36 nitrogen and oxygen atoms in total. The van der Waals surface area contributed by atoms with Gasteiger partial charge in [0.2, 0.25) is 41.4 Å². The third-order valence-electron chi connectivity index (χ3n) is 19.6. The number of hydrogen-bond donors (Lipinski definition) is 6. The van der Waals surface area contributed by atoms with Gasteiger partial charge in [0.25, 0.3) is 5.91 Å². The largest absolute Gasteiger partial charge is 0.463 e. The SMILES string of the molecule is CCC(OC(=O)CCC(=O)N[S-](=P)=S)C(=O)N(CCCCN(CCCNC(=O)CCCCCCO[C@@H]1OC(COC(C)=O)[C@H](OC(C)=O)[C@H](C)C1NC(C)=O)C(=O)CCCCCCO[C@@H]1OC(COC(C)=O)[C@H](OC(C)=O)[C@H](C)C1NC(C)=O)CCCNC(=O)CCCCCCO[C@@H]1OC(COC(C)=O)[C@H](OC(C)=O)[C@H](C)C1NC(C)=O. The fourth-order valence-electron chi connectivity index (χ4n) is 13.8. The van der Waals surface area contributed by atoms with Crippen LogP contribution < -0.4 is 31.3 Å². The standard InChI is InChI=1S/C78H130N8O28PS2/c1-14-60(111-68(100)35-34-66(98)84-117(115)116)75(101)86(41-30-37-80-65(97)32-22-16-19-27-43-103-77-70(82-52(6)88)49(3)73(109-58(12)94)62(113-77)46-106-55(9)91)39-25-24-38-85(67(99)33-23-17-20-28-44-104-78-71(83-53(7)89)50(4)74(110-59(13)95)63(114-78)47-107-56(10)92)40-29-36-79-64(96)31-21-15-18-26-42-102-76-69(81-51(5)87)48(2)72(108-57(11)93)61(112-76)45-105-54(8)90/h48-50,60-63,69-74,76-78,115H,14-47H2,1-13H3,(H,79,96)(H,80,97)(H,81,87)(H,82,88)(H,83,89)(H,84,98,116)/q-1/t48-,49-,50-,60?,61?,62?,63?,69?,70?,71?,72-,73-,74-,76-,77-,78-/m1/s1. The molecule has 0 aliphatic carbocycles. The first-order valence-corrected chi connectivity index (χ1v) is 44.2. The predicted molar refractivity (Wildman–Crippen MR) is 428 cm³/mol. The number of amides is 8. The molecule has 39 heteroatoms. The van der Waals surface area contributed by atoms with Crippen LogP contribution >= 0.6 is 8.02 Å². The zero-order chi connectivity index (χ0) is 87.1. The van der Waals surface area contributed by atoms with Crippen molar-refractivity contribution in [3.8, 4) is 0 Å². The third-order valence-corrected chi connectivity index (χ3v) is 20.5. The van der Waals surface area contributed by atoms with Crippen LogP contribution in [0.3, 0.4) is 0 Å². The Bertz CT molecular complexity index is 3250. The molecule has 6 N–H and O–H groups in total. The number of rotatable bonds is 56. The minimum Gasteiger partial charge on any atom is -0.463 e. The van der Waals surface area contributed by atoms with Gasteiger partial charge in [0.1, 0.15) is 56.4 Å². The summed E-state index contributed by atoms with van der Waals surface area (Å²) < 4.78 is 77.2. The molecule has 0 spiro atoms. The first kappa shape index (κ1) is 104. The smallest absolute Gasteiger partial charge is 0.307 e. The highest BCUT2D eigenvalue weighted by atomic mass is 32.9. The van der Waals surface area contributed by atoms with E-state index in [2.05, 4.69) is 39.3 Å². The zero-order valence-corrected chi connectivity index (χ0v) is 73.1. The summed E-state index contributed by atoms with van der Waals surface area (Å²) >= 11 is 4.98. The van der Waals surface area contributed by atoms with E-state index < -0.39 is 160 Å². The summed E-state index contributed by atoms with van der Waals surface area (Å²) in [5.41, 5.74) is 0. The van der Waals surface area contributed by atoms with Gasteiger partial charge < -0.3 is 103 Å². The third kappa shape index (κ3) is 43.0. The van der Waals surface area contributed by atoms with Crippen molar-refractivity contribution in [2.24, 2.45) is 17.8 Å². The monoisotopic (exact) mass is 1720 g/mol. The van der Waals surface area contributed by atoms with Crippen LogP contribution in [-0.4, -0.2) is 257 Å². The van der Waals surface area contributed by atoms with Gasteiger partial charge in [-0.3, -0.25) is 88.8 Å². The summed E-state index contributed by atoms with van der Waals surface area (Å²) in [7, 11) is 2.13. The Hall–Kier alpha value is -7.32. The van der Waals surface area contributed by atoms with Crippen LogP contribution in [-0.2, 0) is 154 Å². The van der Waals surface area contributed by atoms with Crippen molar-refractivity contribution in [1.29, 1.82) is 0 Å². The minimum absolute atomic E-state index is 0.119. The maximum atomic E-state index is 14.4. The van der Waals surface area contributed by atoms with E-state index >= 15 is 0 Å². The van der Waals surface area contributed by atoms with Gasteiger partial charge >= 0.3 is 41.8 Å². The Morgan fingerprint density at radius 2 is 0.744 bits per heavy atom. The lowest BCUT2D eigenvalue weighted by atomic mass is 9.88. The molecular weight excluding hydrogens is 1590 g/mol. The molecule has 0 bridgehead atoms. The second-order valence-electron chi connectivity index (χ2n) is 29.6. The highest BCUT2D eigenvalue weighted by Crippen LogP contribution is 2.34. The summed E-state index contributed by atoms with van der Waals surface area (Å²) in [5.74, 6) is -8.07. The maximum Gasteiger partial charge on any atom is 0.307 e. The van der Waals surface area contributed by atoms with Crippen LogP contribution in [0.1, 0.15) is 231 Å². The molecule has 0 aromatic rings. The number of esters is 7. The van der Waals surface area contributed by atoms with E-state index in [9.17, 15) is 71.9 Å². The molecule has 3 aliphatic heterocycles. The molecule has 0 aromatic carbocycles. The molecule has 3 fully saturated rings. The Balaban J connectivity index is 1.68. The molecule has 8 amide bonds. The number of ether oxygens (including phenoxy) is 13. The topological polar surface area (TPSA) is 455 Å². The lowest BCUT2D eigenvalue weighted by Crippen LogP contribution is -2.62. The van der Waals surface area contributed by atoms with Crippen molar-refractivity contribution in [2.45, 2.75) is 311 Å². The van der Waals surface area contributed by atoms with Crippen molar-refractivity contribution in [2.75, 3.05) is 78.9 Å². The molecular formula is C78H130N8O28PS2-. The van der Waals surface area contributed by atoms with Gasteiger partial charge in [0, 0.05) is 165 Å². The van der Waals surface area contributed by atoms with Crippen LogP contribution in [0.25, 0.3) is 0 Å². The van der Waals surface area contributed by atoms with Gasteiger partial charge in [-0.2, -0.15) is 0 Å². The van der Waals surface area contributed by atoms with E-state index in [1.807, 2.05) is 0 Å². The number of nitrogens with zero attached hydrogens (tertiary/aromatic N) is 2. The summed E-state index contributed by atoms with van der Waals surface area (Å²) in [6, 6.07) is -2.08. The van der Waals surface area contributed by atoms with E-state index in [0.29, 0.717) is 116 Å². The predicted octanol–water partition coefficient (Wildman–Crippen LogP) is 4.69. The first-order valence-electron chi connectivity index (χ1n) is 40.8. The van der Waals surface area contributed by atoms with Crippen LogP contribution in [0.5, 0.6) is 0 Å². The average Bonchev–Trinajstić information content (AvgIpc) is 0.807. The van der Waals surface area contributed by atoms with Crippen LogP contribution in [0, 0.1) is 17.8 Å². The second kappa shape index (κ2) is 57.8. The van der Waals surface area contributed by atoms with E-state index in [-0.39, 0.29) is 140 Å². The highest BCUT2D eigenvalue weighted by molar-refractivity contribution is 8.38. The normalized spacial score (nSPS) is 23.1. The van der Waals surface area contributed by atoms with Gasteiger partial charge in [-0.25, -0.2) is 11.2 Å². The summed E-state index contributed by atoms with van der Waals surface area (Å²) in [6.07, 6.45) is 0.122. The number of nitrogens with one attached hydrogen (secondary N) is 6. The molecule has 16 atom stereocenters. The molecule has 0 radical (unpaired) electrons. The molecule has 3 aliphatic rings. The van der Waals surface area contributed by atoms with E-state index in [0.717, 1.165) is 0 Å². The first-order chi connectivity index (χ1) is 55.5. The Labute approximate surface area is 696 Å². The molecule has 0 saturated carbocycles. The molecule has 0 aromatic heterocycles. The molecule has 117 heavy (non-hydrogen) atoms. The van der Waals surface area contributed by atoms with Crippen LogP contribution in [0.15, 0.2) is 0 Å². The second-order valence-corrected chi connectivity index (χ2v) is 33.5. The van der Waals surface area contributed by atoms with Gasteiger partial charge in [0.05, 0.1) is 24.5 Å². The molecule has 3 saturated heterocycles. The highest BCUT2D eigenvalue weighted by Gasteiger charge is 2.50. The number of carbonyl (C=O) groups excluding carboxylic acids is 15. The summed E-state index contributed by atoms with van der Waals surface area (Å²) in [6.45, 7) is 20.0. The fraction of sp³-hybridized carbons (Fsp3) is 0.808. The van der Waals surface area contributed by atoms with Crippen molar-refractivity contribution in [1.82, 2.24) is 41.1 Å². The van der Waals surface area contributed by atoms with Gasteiger partial charge in [-0.1, -0.05) is 66.2 Å². The van der Waals surface area contributed by atoms with Crippen LogP contribution in [0.4, 0.5) is 0 Å². The Morgan fingerprint density at radius 1 is 0.410 bits per heavy atom. The van der Waals surface area contributed by atoms with Crippen molar-refractivity contribution in [3.63, 3.8) is 0 Å². The molecule has 3 rings (SSSR count). The van der Waals surface area contributed by atoms with Crippen molar-refractivity contribution in [3.05, 3.63) is 0 Å². The van der Waals surface area contributed by atoms with Gasteiger partial charge in [-0.05, 0) is 70.6 Å². The lowest BCUT2D eigenvalue weighted by Gasteiger charge is -2.44. The Kier molecular flexibility index (Phi) is 51.3. The molecule has 668 valence electrons. The maximum absolute atomic E-state index is 14.4. The summed E-state index contributed by atoms with van der Waals surface area (Å²) in [4.78, 5) is 192. The quantitative estimate of drug-likeness (QED) is 0.0158. The van der Waals surface area contributed by atoms with Crippen molar-refractivity contribution < 1.29 is 133 Å². The Morgan fingerprint density at radius 3 is 1.08 bits per heavy atom. The number of unbranched alkanes of at least 4 members (excludes halogenated alkanes) is 10. The van der Waals surface area contributed by atoms with E-state index in [1.54, 1.807) is 37.5 Å². The number of carbonyl (C=O) groups is 15. The lowest BCUT2D eigenvalue weighted by molar-refractivity contribution is -0.262. The van der Waals surface area contributed by atoms with Gasteiger partial charge in [-0.15, -0.1) is 0 Å². The van der Waals surface area contributed by atoms with Crippen molar-refractivity contribution >= 4 is 117 Å². The summed E-state index contributed by atoms with van der Waals surface area (Å²) in [5, 5.41) is 14.4. The fourth-order valence-corrected chi connectivity index (χ4v) is 14.7. The minimum atomic E-state index is -1.19. The zero-order valence-electron chi connectivity index (χ0n) is 70.4. The molecule has 7 unspecified atom stereocenters. The average molecular weight is 1720 g/mol. The van der Waals surface area contributed by atoms with E-state index in [1.165, 1.54) is 62.3 Å². The molecule has 3 heterocycles. The van der Waals surface area contributed by atoms with E-state index in [4.69, 9.17) is 72.8 Å². The van der Waals surface area contributed by atoms with Gasteiger partial charge in [0.15, 0.2) is 25.0 Å². The van der Waals surface area contributed by atoms with Crippen LogP contribution in [0.2, 0.25) is 0 Å².